The van der Waals surface area contributed by atoms with E-state index in [1.54, 1.807) is 0 Å². The van der Waals surface area contributed by atoms with E-state index in [-0.39, 0.29) is 5.91 Å². The minimum absolute atomic E-state index is 0.234. The van der Waals surface area contributed by atoms with Gasteiger partial charge in [-0.25, -0.2) is 0 Å². The standard InChI is InChI=1S/C16H25N3O/c1-3-18(4-2)16(20)12-19(15-9-10-15)11-13-5-7-14(17)8-6-13/h5-8,15H,3-4,9-12,17H2,1-2H3. The number of hydrogen-bond donors (Lipinski definition) is 1. The van der Waals surface area contributed by atoms with Crippen LogP contribution in [0, 0.1) is 0 Å². The molecule has 1 aromatic rings. The summed E-state index contributed by atoms with van der Waals surface area (Å²) >= 11 is 0. The topological polar surface area (TPSA) is 49.6 Å². The van der Waals surface area contributed by atoms with Crippen LogP contribution in [-0.2, 0) is 11.3 Å². The van der Waals surface area contributed by atoms with E-state index >= 15 is 0 Å². The molecule has 2 N–H and O–H groups in total. The van der Waals surface area contributed by atoms with Crippen LogP contribution >= 0.6 is 0 Å². The zero-order valence-electron chi connectivity index (χ0n) is 12.5. The summed E-state index contributed by atoms with van der Waals surface area (Å²) < 4.78 is 0. The van der Waals surface area contributed by atoms with Crippen LogP contribution in [0.1, 0.15) is 32.3 Å². The van der Waals surface area contributed by atoms with Gasteiger partial charge >= 0.3 is 0 Å². The lowest BCUT2D eigenvalue weighted by molar-refractivity contribution is -0.132. The van der Waals surface area contributed by atoms with Crippen molar-refractivity contribution in [3.63, 3.8) is 0 Å². The molecule has 0 heterocycles. The Labute approximate surface area is 121 Å². The maximum Gasteiger partial charge on any atom is 0.236 e. The van der Waals surface area contributed by atoms with Gasteiger partial charge in [-0.15, -0.1) is 0 Å². The van der Waals surface area contributed by atoms with E-state index in [2.05, 4.69) is 4.90 Å². The van der Waals surface area contributed by atoms with Gasteiger partial charge in [-0.1, -0.05) is 12.1 Å². The zero-order valence-corrected chi connectivity index (χ0v) is 12.5. The first-order valence-corrected chi connectivity index (χ1v) is 7.50. The van der Waals surface area contributed by atoms with Crippen molar-refractivity contribution in [2.45, 2.75) is 39.3 Å². The minimum atomic E-state index is 0.234. The number of amides is 1. The summed E-state index contributed by atoms with van der Waals surface area (Å²) in [6.45, 7) is 6.99. The Hall–Kier alpha value is -1.55. The number of nitrogens with zero attached hydrogens (tertiary/aromatic N) is 2. The summed E-state index contributed by atoms with van der Waals surface area (Å²) in [7, 11) is 0. The molecule has 0 unspecified atom stereocenters. The molecule has 1 fully saturated rings. The Morgan fingerprint density at radius 2 is 1.80 bits per heavy atom. The molecule has 110 valence electrons. The van der Waals surface area contributed by atoms with Crippen molar-refractivity contribution >= 4 is 11.6 Å². The van der Waals surface area contributed by atoms with Crippen molar-refractivity contribution in [3.8, 4) is 0 Å². The minimum Gasteiger partial charge on any atom is -0.399 e. The van der Waals surface area contributed by atoms with Crippen LogP contribution in [0.25, 0.3) is 0 Å². The Bertz CT molecular complexity index is 436. The Balaban J connectivity index is 1.97. The van der Waals surface area contributed by atoms with Crippen molar-refractivity contribution in [3.05, 3.63) is 29.8 Å². The van der Waals surface area contributed by atoms with E-state index in [9.17, 15) is 4.79 Å². The van der Waals surface area contributed by atoms with Gasteiger partial charge in [0.1, 0.15) is 0 Å². The summed E-state index contributed by atoms with van der Waals surface area (Å²) in [5, 5.41) is 0. The predicted octanol–water partition coefficient (Wildman–Crippen LogP) is 2.10. The van der Waals surface area contributed by atoms with Gasteiger partial charge in [0.25, 0.3) is 0 Å². The Morgan fingerprint density at radius 1 is 1.20 bits per heavy atom. The molecule has 1 aromatic carbocycles. The van der Waals surface area contributed by atoms with Gasteiger partial charge in [0, 0.05) is 31.4 Å². The van der Waals surface area contributed by atoms with Gasteiger partial charge in [0.2, 0.25) is 5.91 Å². The summed E-state index contributed by atoms with van der Waals surface area (Å²) in [5.41, 5.74) is 7.72. The summed E-state index contributed by atoms with van der Waals surface area (Å²) in [6, 6.07) is 8.52. The first kappa shape index (κ1) is 14.9. The van der Waals surface area contributed by atoms with Crippen molar-refractivity contribution in [1.82, 2.24) is 9.80 Å². The van der Waals surface area contributed by atoms with Crippen LogP contribution in [0.15, 0.2) is 24.3 Å². The Morgan fingerprint density at radius 3 is 2.30 bits per heavy atom. The summed E-state index contributed by atoms with van der Waals surface area (Å²) in [6.07, 6.45) is 2.42. The highest BCUT2D eigenvalue weighted by Crippen LogP contribution is 2.28. The molecule has 1 aliphatic rings. The number of likely N-dealkylation sites (N-methyl/N-ethyl adjacent to an activating group) is 1. The number of hydrogen-bond acceptors (Lipinski definition) is 3. The highest BCUT2D eigenvalue weighted by atomic mass is 16.2. The van der Waals surface area contributed by atoms with Crippen molar-refractivity contribution < 1.29 is 4.79 Å². The van der Waals surface area contributed by atoms with Crippen molar-refractivity contribution in [2.24, 2.45) is 0 Å². The van der Waals surface area contributed by atoms with Crippen molar-refractivity contribution in [2.75, 3.05) is 25.4 Å². The molecule has 1 aliphatic carbocycles. The van der Waals surface area contributed by atoms with E-state index in [0.717, 1.165) is 25.3 Å². The van der Waals surface area contributed by atoms with Crippen LogP contribution in [0.5, 0.6) is 0 Å². The predicted molar refractivity (Wildman–Crippen MR) is 82.2 cm³/mol. The van der Waals surface area contributed by atoms with E-state index < -0.39 is 0 Å². The molecule has 20 heavy (non-hydrogen) atoms. The number of carbonyl (C=O) groups is 1. The molecule has 0 atom stereocenters. The second-order valence-corrected chi connectivity index (χ2v) is 5.44. The van der Waals surface area contributed by atoms with Gasteiger partial charge in [0.15, 0.2) is 0 Å². The average Bonchev–Trinajstić information content (AvgIpc) is 3.26. The van der Waals surface area contributed by atoms with Gasteiger partial charge in [-0.05, 0) is 44.4 Å². The fraction of sp³-hybridized carbons (Fsp3) is 0.562. The highest BCUT2D eigenvalue weighted by molar-refractivity contribution is 5.78. The number of benzene rings is 1. The fourth-order valence-corrected chi connectivity index (χ4v) is 2.46. The van der Waals surface area contributed by atoms with E-state index in [4.69, 9.17) is 5.73 Å². The summed E-state index contributed by atoms with van der Waals surface area (Å²) in [5.74, 6) is 0.234. The lowest BCUT2D eigenvalue weighted by Gasteiger charge is -2.26. The molecule has 2 rings (SSSR count). The van der Waals surface area contributed by atoms with Crippen LogP contribution in [-0.4, -0.2) is 41.4 Å². The lowest BCUT2D eigenvalue weighted by Crippen LogP contribution is -2.40. The quantitative estimate of drug-likeness (QED) is 0.775. The van der Waals surface area contributed by atoms with Gasteiger partial charge in [0.05, 0.1) is 6.54 Å². The second-order valence-electron chi connectivity index (χ2n) is 5.44. The fourth-order valence-electron chi connectivity index (χ4n) is 2.46. The smallest absolute Gasteiger partial charge is 0.236 e. The number of anilines is 1. The number of nitrogen functional groups attached to an aromatic ring is 1. The zero-order chi connectivity index (χ0) is 14.5. The first-order valence-electron chi connectivity index (χ1n) is 7.50. The molecular formula is C16H25N3O. The molecule has 1 amide bonds. The molecule has 0 aromatic heterocycles. The number of nitrogens with two attached hydrogens (primary N) is 1. The van der Waals surface area contributed by atoms with Gasteiger partial charge in [-0.2, -0.15) is 0 Å². The van der Waals surface area contributed by atoms with Gasteiger partial charge < -0.3 is 10.6 Å². The SMILES string of the molecule is CCN(CC)C(=O)CN(Cc1ccc(N)cc1)C1CC1. The molecule has 4 heteroatoms. The maximum atomic E-state index is 12.3. The third-order valence-corrected chi connectivity index (χ3v) is 3.88. The average molecular weight is 275 g/mol. The number of rotatable bonds is 7. The lowest BCUT2D eigenvalue weighted by atomic mass is 10.2. The molecule has 0 bridgehead atoms. The van der Waals surface area contributed by atoms with E-state index in [1.807, 2.05) is 43.0 Å². The third kappa shape index (κ3) is 3.97. The van der Waals surface area contributed by atoms with Crippen LogP contribution in [0.2, 0.25) is 0 Å². The number of carbonyl (C=O) groups excluding carboxylic acids is 1. The second kappa shape index (κ2) is 6.75. The molecule has 0 radical (unpaired) electrons. The Kier molecular flexibility index (Phi) is 5.01. The van der Waals surface area contributed by atoms with Crippen LogP contribution in [0.3, 0.4) is 0 Å². The monoisotopic (exact) mass is 275 g/mol. The van der Waals surface area contributed by atoms with Crippen LogP contribution < -0.4 is 5.73 Å². The van der Waals surface area contributed by atoms with Crippen molar-refractivity contribution in [1.29, 1.82) is 0 Å². The van der Waals surface area contributed by atoms with Crippen LogP contribution in [0.4, 0.5) is 5.69 Å². The highest BCUT2D eigenvalue weighted by Gasteiger charge is 2.30. The van der Waals surface area contributed by atoms with E-state index in [0.29, 0.717) is 12.6 Å². The van der Waals surface area contributed by atoms with E-state index in [1.165, 1.54) is 18.4 Å². The normalized spacial score (nSPS) is 14.6. The first-order chi connectivity index (χ1) is 9.63. The molecule has 1 saturated carbocycles. The maximum absolute atomic E-state index is 12.3. The molecule has 0 aliphatic heterocycles. The third-order valence-electron chi connectivity index (χ3n) is 3.88. The largest absolute Gasteiger partial charge is 0.399 e. The van der Waals surface area contributed by atoms with Gasteiger partial charge in [-0.3, -0.25) is 9.69 Å². The molecular weight excluding hydrogens is 250 g/mol. The molecule has 4 nitrogen and oxygen atoms in total. The summed E-state index contributed by atoms with van der Waals surface area (Å²) in [4.78, 5) is 16.5. The molecule has 0 saturated heterocycles. The molecule has 0 spiro atoms.